The second kappa shape index (κ2) is 14.6. The first-order valence-electron chi connectivity index (χ1n) is 13.1. The molecule has 2 fully saturated rings. The van der Waals surface area contributed by atoms with E-state index in [9.17, 15) is 49.6 Å². The Balaban J connectivity index is 1.27. The predicted octanol–water partition coefficient (Wildman–Crippen LogP) is 3.98. The van der Waals surface area contributed by atoms with Gasteiger partial charge in [0.1, 0.15) is 20.1 Å². The highest BCUT2D eigenvalue weighted by molar-refractivity contribution is 8.29. The van der Waals surface area contributed by atoms with E-state index in [1.807, 2.05) is 0 Å². The Morgan fingerprint density at radius 1 is 0.739 bits per heavy atom. The van der Waals surface area contributed by atoms with Crippen molar-refractivity contribution in [3.63, 3.8) is 0 Å². The monoisotopic (exact) mass is 706 g/mol. The number of thiocarbonyl (C=S) groups is 2. The Morgan fingerprint density at radius 2 is 1.11 bits per heavy atom. The second-order valence-electron chi connectivity index (χ2n) is 9.53. The molecule has 46 heavy (non-hydrogen) atoms. The molecule has 2 aromatic rings. The Kier molecular flexibility index (Phi) is 10.9. The zero-order chi connectivity index (χ0) is 33.7. The van der Waals surface area contributed by atoms with Crippen LogP contribution in [0.1, 0.15) is 25.7 Å². The van der Waals surface area contributed by atoms with Crippen molar-refractivity contribution in [1.82, 2.24) is 9.80 Å². The van der Waals surface area contributed by atoms with Crippen LogP contribution >= 0.6 is 48.0 Å². The molecule has 0 aromatic heterocycles. The third kappa shape index (κ3) is 7.94. The summed E-state index contributed by atoms with van der Waals surface area (Å²) in [4.78, 5) is 74.0. The standard InChI is InChI=1S/C26H22N6O10S4/c33-17-11-13(31(39)40)5-7-15(17)27-19(35)3-1-9-29-23(37)21(45-25(29)43)22-24(38)30(26(44)46-22)10-2-4-20(36)28-16-8-6-14(32(41)42)12-18(16)34/h5-8,11-12,33-34H,1-4,9-10H2,(H,27,35)(H,28,36)/b22-21+. The molecule has 0 aliphatic carbocycles. The minimum absolute atomic E-state index is 0.00680. The van der Waals surface area contributed by atoms with Gasteiger partial charge in [0.2, 0.25) is 11.8 Å². The van der Waals surface area contributed by atoms with Gasteiger partial charge in [0.05, 0.1) is 43.2 Å². The Labute approximate surface area is 278 Å². The van der Waals surface area contributed by atoms with Gasteiger partial charge >= 0.3 is 0 Å². The fraction of sp³-hybridized carbons (Fsp3) is 0.231. The van der Waals surface area contributed by atoms with Crippen molar-refractivity contribution in [1.29, 1.82) is 0 Å². The Hall–Kier alpha value is -4.66. The molecule has 0 spiro atoms. The van der Waals surface area contributed by atoms with Crippen LogP contribution < -0.4 is 10.6 Å². The zero-order valence-electron chi connectivity index (χ0n) is 23.3. The summed E-state index contributed by atoms with van der Waals surface area (Å²) < 4.78 is 0.370. The van der Waals surface area contributed by atoms with Gasteiger partial charge in [0.15, 0.2) is 0 Å². The molecule has 2 aliphatic heterocycles. The van der Waals surface area contributed by atoms with Crippen molar-refractivity contribution in [3.05, 3.63) is 66.4 Å². The van der Waals surface area contributed by atoms with E-state index in [1.165, 1.54) is 21.9 Å². The molecule has 0 unspecified atom stereocenters. The van der Waals surface area contributed by atoms with Gasteiger partial charge in [-0.05, 0) is 25.0 Å². The van der Waals surface area contributed by atoms with Crippen LogP contribution in [-0.2, 0) is 19.2 Å². The highest BCUT2D eigenvalue weighted by Gasteiger charge is 2.41. The van der Waals surface area contributed by atoms with E-state index < -0.39 is 45.0 Å². The fourth-order valence-electron chi connectivity index (χ4n) is 4.16. The highest BCUT2D eigenvalue weighted by Crippen LogP contribution is 2.42. The number of phenols is 2. The molecular formula is C26H22N6O10S4. The summed E-state index contributed by atoms with van der Waals surface area (Å²) in [5, 5.41) is 46.4. The number of phenolic OH excluding ortho intramolecular Hbond substituents is 2. The zero-order valence-corrected chi connectivity index (χ0v) is 26.6. The normalized spacial score (nSPS) is 16.3. The van der Waals surface area contributed by atoms with E-state index >= 15 is 0 Å². The maximum absolute atomic E-state index is 13.2. The number of thioether (sulfide) groups is 2. The lowest BCUT2D eigenvalue weighted by Gasteiger charge is -2.15. The van der Waals surface area contributed by atoms with Crippen molar-refractivity contribution in [2.24, 2.45) is 0 Å². The number of amides is 4. The molecular weight excluding hydrogens is 685 g/mol. The molecule has 240 valence electrons. The maximum Gasteiger partial charge on any atom is 0.273 e. The summed E-state index contributed by atoms with van der Waals surface area (Å²) in [6.07, 6.45) is 0.227. The topological polar surface area (TPSA) is 226 Å². The third-order valence-corrected chi connectivity index (χ3v) is 9.43. The quantitative estimate of drug-likeness (QED) is 0.0805. The number of nitrogens with zero attached hydrogens (tertiary/aromatic N) is 4. The average molecular weight is 707 g/mol. The molecule has 0 saturated carbocycles. The van der Waals surface area contributed by atoms with Crippen LogP contribution in [0.3, 0.4) is 0 Å². The third-order valence-electron chi connectivity index (χ3n) is 6.41. The number of aromatic hydroxyl groups is 2. The fourth-order valence-corrected chi connectivity index (χ4v) is 6.93. The van der Waals surface area contributed by atoms with Crippen molar-refractivity contribution in [2.75, 3.05) is 23.7 Å². The molecule has 0 bridgehead atoms. The first kappa shape index (κ1) is 34.2. The van der Waals surface area contributed by atoms with Crippen LogP contribution in [0.5, 0.6) is 11.5 Å². The summed E-state index contributed by atoms with van der Waals surface area (Å²) in [7, 11) is 0. The molecule has 2 heterocycles. The smallest absolute Gasteiger partial charge is 0.273 e. The van der Waals surface area contributed by atoms with Crippen molar-refractivity contribution < 1.29 is 39.2 Å². The van der Waals surface area contributed by atoms with Crippen LogP contribution in [0.2, 0.25) is 0 Å². The first-order valence-corrected chi connectivity index (χ1v) is 15.6. The number of benzene rings is 2. The largest absolute Gasteiger partial charge is 0.506 e. The molecule has 20 heteroatoms. The number of carbonyl (C=O) groups is 4. The van der Waals surface area contributed by atoms with Gasteiger partial charge in [0, 0.05) is 38.1 Å². The number of nitro benzene ring substituents is 2. The molecule has 16 nitrogen and oxygen atoms in total. The SMILES string of the molecule is O=C(CCCN1C(=O)/C(=C2\SC(=S)N(CCCC(=O)Nc3ccc([N+](=O)[O-])cc3O)C2=O)SC1=S)Nc1ccc([N+](=O)[O-])cc1O. The molecule has 0 atom stereocenters. The van der Waals surface area contributed by atoms with Crippen molar-refractivity contribution in [3.8, 4) is 11.5 Å². The number of anilines is 2. The van der Waals surface area contributed by atoms with E-state index in [1.54, 1.807) is 0 Å². The van der Waals surface area contributed by atoms with Gasteiger partial charge in [-0.25, -0.2) is 0 Å². The molecule has 2 aliphatic rings. The van der Waals surface area contributed by atoms with Gasteiger partial charge in [-0.3, -0.25) is 49.2 Å². The minimum atomic E-state index is -0.686. The molecule has 4 amide bonds. The van der Waals surface area contributed by atoms with Crippen LogP contribution in [0.4, 0.5) is 22.7 Å². The van der Waals surface area contributed by atoms with E-state index in [4.69, 9.17) is 24.4 Å². The number of carbonyl (C=O) groups excluding carboxylic acids is 4. The van der Waals surface area contributed by atoms with Crippen LogP contribution in [0.25, 0.3) is 0 Å². The van der Waals surface area contributed by atoms with Crippen LogP contribution in [-0.4, -0.2) is 75.2 Å². The first-order chi connectivity index (χ1) is 21.8. The van der Waals surface area contributed by atoms with Crippen LogP contribution in [0.15, 0.2) is 46.2 Å². The molecule has 2 saturated heterocycles. The van der Waals surface area contributed by atoms with Gasteiger partial charge in [0.25, 0.3) is 23.2 Å². The number of nitro groups is 2. The average Bonchev–Trinajstić information content (AvgIpc) is 3.43. The molecule has 0 radical (unpaired) electrons. The maximum atomic E-state index is 13.2. The summed E-state index contributed by atoms with van der Waals surface area (Å²) in [5.41, 5.74) is -0.693. The Bertz CT molecular complexity index is 1610. The van der Waals surface area contributed by atoms with E-state index in [-0.39, 0.29) is 80.0 Å². The second-order valence-corrected chi connectivity index (χ2v) is 12.8. The minimum Gasteiger partial charge on any atom is -0.506 e. The summed E-state index contributed by atoms with van der Waals surface area (Å²) in [6.45, 7) is 0.126. The van der Waals surface area contributed by atoms with E-state index in [0.29, 0.717) is 0 Å². The summed E-state index contributed by atoms with van der Waals surface area (Å²) in [5.74, 6) is -3.00. The number of rotatable bonds is 12. The molecule has 2 aromatic carbocycles. The highest BCUT2D eigenvalue weighted by atomic mass is 32.2. The lowest BCUT2D eigenvalue weighted by Crippen LogP contribution is -2.31. The summed E-state index contributed by atoms with van der Waals surface area (Å²) >= 11 is 12.5. The molecule has 4 rings (SSSR count). The number of hydrogen-bond donors (Lipinski definition) is 4. The van der Waals surface area contributed by atoms with Crippen LogP contribution in [0, 0.1) is 20.2 Å². The molecule has 4 N–H and O–H groups in total. The van der Waals surface area contributed by atoms with Gasteiger partial charge < -0.3 is 20.8 Å². The van der Waals surface area contributed by atoms with Gasteiger partial charge in [-0.1, -0.05) is 48.0 Å². The van der Waals surface area contributed by atoms with E-state index in [0.717, 1.165) is 47.8 Å². The predicted molar refractivity (Wildman–Crippen MR) is 176 cm³/mol. The lowest BCUT2D eigenvalue weighted by molar-refractivity contribution is -0.385. The lowest BCUT2D eigenvalue weighted by atomic mass is 10.2. The van der Waals surface area contributed by atoms with Gasteiger partial charge in [-0.15, -0.1) is 0 Å². The van der Waals surface area contributed by atoms with Crippen molar-refractivity contribution >= 4 is 103 Å². The number of non-ortho nitro benzene ring substituents is 2. The number of hydrogen-bond acceptors (Lipinski definition) is 14. The Morgan fingerprint density at radius 3 is 1.43 bits per heavy atom. The number of nitrogens with one attached hydrogen (secondary N) is 2. The van der Waals surface area contributed by atoms with Gasteiger partial charge in [-0.2, -0.15) is 0 Å². The van der Waals surface area contributed by atoms with Crippen molar-refractivity contribution in [2.45, 2.75) is 25.7 Å². The van der Waals surface area contributed by atoms with E-state index in [2.05, 4.69) is 10.6 Å². The summed E-state index contributed by atoms with van der Waals surface area (Å²) in [6, 6.07) is 6.48.